The number of rotatable bonds is 60. The van der Waals surface area contributed by atoms with Crippen molar-refractivity contribution in [3.05, 3.63) is 60.8 Å². The van der Waals surface area contributed by atoms with Gasteiger partial charge in [0.15, 0.2) is 6.10 Å². The second-order valence-electron chi connectivity index (χ2n) is 22.0. The molecule has 75 heavy (non-hydrogen) atoms. The minimum Gasteiger partial charge on any atom is -0.462 e. The number of unbranched alkanes of at least 4 members (excludes halogenated alkanes) is 39. The molecule has 0 saturated carbocycles. The van der Waals surface area contributed by atoms with Crippen LogP contribution in [0.25, 0.3) is 0 Å². The molecule has 0 fully saturated rings. The van der Waals surface area contributed by atoms with Crippen molar-refractivity contribution < 1.29 is 28.6 Å². The molecule has 0 aromatic carbocycles. The van der Waals surface area contributed by atoms with Gasteiger partial charge < -0.3 is 14.2 Å². The molecule has 0 radical (unpaired) electrons. The molecule has 0 aromatic rings. The molecule has 1 unspecified atom stereocenters. The molecule has 0 aliphatic rings. The summed E-state index contributed by atoms with van der Waals surface area (Å²) in [5.41, 5.74) is 0. The molecule has 0 N–H and O–H groups in total. The zero-order valence-electron chi connectivity index (χ0n) is 50.1. The van der Waals surface area contributed by atoms with Crippen molar-refractivity contribution in [2.45, 2.75) is 348 Å². The van der Waals surface area contributed by atoms with Gasteiger partial charge in [0, 0.05) is 19.3 Å². The fourth-order valence-electron chi connectivity index (χ4n) is 9.54. The van der Waals surface area contributed by atoms with E-state index in [1.54, 1.807) is 0 Å². The highest BCUT2D eigenvalue weighted by Crippen LogP contribution is 2.17. The monoisotopic (exact) mass is 1050 g/mol. The molecule has 0 aromatic heterocycles. The number of hydrogen-bond donors (Lipinski definition) is 0. The average Bonchev–Trinajstić information content (AvgIpc) is 3.41. The Kier molecular flexibility index (Phi) is 61.2. The molecule has 6 heteroatoms. The summed E-state index contributed by atoms with van der Waals surface area (Å²) in [6.45, 7) is 6.64. The second-order valence-corrected chi connectivity index (χ2v) is 22.0. The van der Waals surface area contributed by atoms with Crippen LogP contribution in [0, 0.1) is 0 Å². The van der Waals surface area contributed by atoms with Crippen molar-refractivity contribution in [3.8, 4) is 0 Å². The third-order valence-corrected chi connectivity index (χ3v) is 14.5. The van der Waals surface area contributed by atoms with Gasteiger partial charge in [-0.2, -0.15) is 0 Å². The van der Waals surface area contributed by atoms with E-state index in [1.807, 2.05) is 0 Å². The van der Waals surface area contributed by atoms with E-state index in [4.69, 9.17) is 14.2 Å². The molecular formula is C69H124O6. The van der Waals surface area contributed by atoms with Crippen molar-refractivity contribution in [1.82, 2.24) is 0 Å². The van der Waals surface area contributed by atoms with Crippen LogP contribution >= 0.6 is 0 Å². The van der Waals surface area contributed by atoms with E-state index in [9.17, 15) is 14.4 Å². The molecule has 0 aliphatic heterocycles. The highest BCUT2D eigenvalue weighted by atomic mass is 16.6. The Morgan fingerprint density at radius 2 is 0.480 bits per heavy atom. The smallest absolute Gasteiger partial charge is 0.306 e. The van der Waals surface area contributed by atoms with Gasteiger partial charge in [-0.25, -0.2) is 0 Å². The number of carbonyl (C=O) groups is 3. The van der Waals surface area contributed by atoms with Crippen molar-refractivity contribution in [2.24, 2.45) is 0 Å². The number of esters is 3. The van der Waals surface area contributed by atoms with Crippen LogP contribution < -0.4 is 0 Å². The summed E-state index contributed by atoms with van der Waals surface area (Å²) >= 11 is 0. The van der Waals surface area contributed by atoms with E-state index in [1.165, 1.54) is 225 Å². The minimum absolute atomic E-state index is 0.0736. The van der Waals surface area contributed by atoms with Crippen LogP contribution in [0.15, 0.2) is 60.8 Å². The molecular weight excluding hydrogens is 925 g/mol. The van der Waals surface area contributed by atoms with E-state index in [0.29, 0.717) is 19.3 Å². The maximum atomic E-state index is 12.9. The first kappa shape index (κ1) is 72.1. The molecule has 0 amide bonds. The van der Waals surface area contributed by atoms with Gasteiger partial charge in [0.1, 0.15) is 13.2 Å². The largest absolute Gasteiger partial charge is 0.462 e. The average molecular weight is 1050 g/mol. The lowest BCUT2D eigenvalue weighted by atomic mass is 10.0. The number of allylic oxidation sites excluding steroid dienone is 10. The summed E-state index contributed by atoms with van der Waals surface area (Å²) in [7, 11) is 0. The zero-order valence-corrected chi connectivity index (χ0v) is 50.1. The summed E-state index contributed by atoms with van der Waals surface area (Å²) < 4.78 is 16.9. The third-order valence-electron chi connectivity index (χ3n) is 14.5. The first-order valence-electron chi connectivity index (χ1n) is 32.8. The first-order valence-corrected chi connectivity index (χ1v) is 32.8. The van der Waals surface area contributed by atoms with Crippen LogP contribution in [0.4, 0.5) is 0 Å². The summed E-state index contributed by atoms with van der Waals surface area (Å²) in [4.78, 5) is 38.3. The Hall–Kier alpha value is -2.89. The van der Waals surface area contributed by atoms with Crippen LogP contribution in [-0.2, 0) is 28.6 Å². The number of carbonyl (C=O) groups excluding carboxylic acids is 3. The summed E-state index contributed by atoms with van der Waals surface area (Å²) in [6.07, 6.45) is 80.8. The quantitative estimate of drug-likeness (QED) is 0.0261. The Balaban J connectivity index is 4.30. The van der Waals surface area contributed by atoms with Crippen LogP contribution in [0.2, 0.25) is 0 Å². The standard InChI is InChI=1S/C69H124O6/c1-4-7-10-13-16-19-22-25-27-29-31-32-33-34-35-36-38-39-41-44-47-50-53-56-59-62-68(71)74-65-66(64-73-67(70)61-58-55-52-49-46-43-24-21-18-15-12-9-6-3)75-69(72)63-60-57-54-51-48-45-42-40-37-30-28-26-23-20-17-14-11-8-5-2/h17,20,22,25-26,28-29,31,33-34,66H,4-16,18-19,21,23-24,27,30,32,35-65H2,1-3H3/b20-17-,25-22-,28-26-,31-29-,34-33-. The maximum absolute atomic E-state index is 12.9. The number of hydrogen-bond acceptors (Lipinski definition) is 6. The van der Waals surface area contributed by atoms with E-state index in [-0.39, 0.29) is 31.1 Å². The topological polar surface area (TPSA) is 78.9 Å². The molecule has 0 rings (SSSR count). The summed E-state index contributed by atoms with van der Waals surface area (Å²) in [5, 5.41) is 0. The third kappa shape index (κ3) is 61.8. The molecule has 1 atom stereocenters. The van der Waals surface area contributed by atoms with Gasteiger partial charge in [-0.05, 0) is 89.9 Å². The van der Waals surface area contributed by atoms with Gasteiger partial charge in [-0.3, -0.25) is 14.4 Å². The molecule has 0 heterocycles. The molecule has 436 valence electrons. The Morgan fingerprint density at radius 3 is 0.773 bits per heavy atom. The lowest BCUT2D eigenvalue weighted by Crippen LogP contribution is -2.30. The maximum Gasteiger partial charge on any atom is 0.306 e. The van der Waals surface area contributed by atoms with Gasteiger partial charge in [0.2, 0.25) is 0 Å². The van der Waals surface area contributed by atoms with Crippen LogP contribution in [0.3, 0.4) is 0 Å². The van der Waals surface area contributed by atoms with Crippen molar-refractivity contribution in [1.29, 1.82) is 0 Å². The lowest BCUT2D eigenvalue weighted by molar-refractivity contribution is -0.167. The van der Waals surface area contributed by atoms with Crippen LogP contribution in [0.1, 0.15) is 342 Å². The SMILES string of the molecule is CCCCC/C=C\C/C=C\CCCCCCCCCCCC(=O)OC(COC(=O)CCCCCCCCCCCC/C=C\C/C=C\C/C=C\CCCCCCC)COC(=O)CCCCCCCCCCCCCCC. The van der Waals surface area contributed by atoms with Gasteiger partial charge >= 0.3 is 17.9 Å². The predicted molar refractivity (Wildman–Crippen MR) is 325 cm³/mol. The molecule has 0 bridgehead atoms. The molecule has 0 aliphatic carbocycles. The van der Waals surface area contributed by atoms with Gasteiger partial charge in [0.25, 0.3) is 0 Å². The van der Waals surface area contributed by atoms with E-state index < -0.39 is 6.10 Å². The van der Waals surface area contributed by atoms with Gasteiger partial charge in [0.05, 0.1) is 0 Å². The second kappa shape index (κ2) is 63.6. The molecule has 6 nitrogen and oxygen atoms in total. The van der Waals surface area contributed by atoms with E-state index >= 15 is 0 Å². The Labute approximate surface area is 466 Å². The lowest BCUT2D eigenvalue weighted by Gasteiger charge is -2.18. The Morgan fingerprint density at radius 1 is 0.267 bits per heavy atom. The fourth-order valence-corrected chi connectivity index (χ4v) is 9.54. The van der Waals surface area contributed by atoms with Crippen molar-refractivity contribution >= 4 is 17.9 Å². The summed E-state index contributed by atoms with van der Waals surface area (Å²) in [5.74, 6) is -0.863. The van der Waals surface area contributed by atoms with E-state index in [0.717, 1.165) is 77.0 Å². The van der Waals surface area contributed by atoms with Crippen molar-refractivity contribution in [2.75, 3.05) is 13.2 Å². The van der Waals surface area contributed by atoms with Crippen LogP contribution in [0.5, 0.6) is 0 Å². The van der Waals surface area contributed by atoms with Crippen molar-refractivity contribution in [3.63, 3.8) is 0 Å². The van der Waals surface area contributed by atoms with Gasteiger partial charge in [-0.1, -0.05) is 293 Å². The normalized spacial score (nSPS) is 12.4. The highest BCUT2D eigenvalue weighted by Gasteiger charge is 2.19. The zero-order chi connectivity index (χ0) is 54.3. The minimum atomic E-state index is -0.777. The number of ether oxygens (including phenoxy) is 3. The molecule has 0 spiro atoms. The fraction of sp³-hybridized carbons (Fsp3) is 0.812. The Bertz CT molecular complexity index is 1340. The van der Waals surface area contributed by atoms with Gasteiger partial charge in [-0.15, -0.1) is 0 Å². The summed E-state index contributed by atoms with van der Waals surface area (Å²) in [6, 6.07) is 0. The van der Waals surface area contributed by atoms with E-state index in [2.05, 4.69) is 81.5 Å². The highest BCUT2D eigenvalue weighted by molar-refractivity contribution is 5.71. The van der Waals surface area contributed by atoms with Crippen LogP contribution in [-0.4, -0.2) is 37.2 Å². The first-order chi connectivity index (χ1) is 37.0. The molecule has 0 saturated heterocycles. The predicted octanol–water partition coefficient (Wildman–Crippen LogP) is 22.3.